The van der Waals surface area contributed by atoms with Crippen molar-refractivity contribution >= 4 is 9.84 Å². The van der Waals surface area contributed by atoms with Gasteiger partial charge >= 0.3 is 0 Å². The molecule has 106 valence electrons. The summed E-state index contributed by atoms with van der Waals surface area (Å²) in [5.41, 5.74) is 8.27. The van der Waals surface area contributed by atoms with Crippen molar-refractivity contribution in [2.24, 2.45) is 5.73 Å². The second-order valence-electron chi connectivity index (χ2n) is 5.23. The van der Waals surface area contributed by atoms with E-state index < -0.39 is 9.84 Å². The van der Waals surface area contributed by atoms with Crippen LogP contribution in [-0.4, -0.2) is 26.0 Å². The number of fused-ring (bicyclic) bond motifs is 1. The average molecular weight is 283 g/mol. The highest BCUT2D eigenvalue weighted by molar-refractivity contribution is 7.91. The number of rotatable bonds is 5. The van der Waals surface area contributed by atoms with Crippen LogP contribution in [0.25, 0.3) is 0 Å². The molecule has 1 unspecified atom stereocenters. The summed E-state index contributed by atoms with van der Waals surface area (Å²) in [5.74, 6) is 0.838. The SMILES string of the molecule is CC(C)S(=O)(=O)CCOc1cccc2c1CCC2N. The van der Waals surface area contributed by atoms with Crippen LogP contribution in [0.1, 0.15) is 37.4 Å². The Morgan fingerprint density at radius 2 is 2.16 bits per heavy atom. The summed E-state index contributed by atoms with van der Waals surface area (Å²) in [7, 11) is -3.04. The molecule has 5 heteroatoms. The first-order valence-electron chi connectivity index (χ1n) is 6.63. The zero-order chi connectivity index (χ0) is 14.0. The Morgan fingerprint density at radius 3 is 2.84 bits per heavy atom. The molecule has 1 aliphatic rings. The van der Waals surface area contributed by atoms with Gasteiger partial charge in [0.05, 0.1) is 11.0 Å². The molecule has 2 N–H and O–H groups in total. The molecule has 0 aliphatic heterocycles. The standard InChI is InChI=1S/C14H21NO3S/c1-10(2)19(16,17)9-8-18-14-5-3-4-11-12(14)6-7-13(11)15/h3-5,10,13H,6-9,15H2,1-2H3. The molecule has 0 saturated heterocycles. The Hall–Kier alpha value is -1.07. The van der Waals surface area contributed by atoms with Gasteiger partial charge in [0.25, 0.3) is 0 Å². The molecule has 0 saturated carbocycles. The molecule has 4 nitrogen and oxygen atoms in total. The lowest BCUT2D eigenvalue weighted by Crippen LogP contribution is -2.22. The number of hydrogen-bond acceptors (Lipinski definition) is 4. The number of ether oxygens (including phenoxy) is 1. The van der Waals surface area contributed by atoms with E-state index >= 15 is 0 Å². The third-order valence-electron chi connectivity index (χ3n) is 3.62. The number of benzene rings is 1. The maximum atomic E-state index is 11.7. The second kappa shape index (κ2) is 5.51. The minimum Gasteiger partial charge on any atom is -0.492 e. The molecule has 0 amide bonds. The van der Waals surface area contributed by atoms with Crippen molar-refractivity contribution in [3.05, 3.63) is 29.3 Å². The Morgan fingerprint density at radius 1 is 1.42 bits per heavy atom. The fourth-order valence-electron chi connectivity index (χ4n) is 2.29. The van der Waals surface area contributed by atoms with Gasteiger partial charge in [-0.3, -0.25) is 0 Å². The average Bonchev–Trinajstić information content (AvgIpc) is 2.72. The maximum absolute atomic E-state index is 11.7. The predicted molar refractivity (Wildman–Crippen MR) is 76.1 cm³/mol. The van der Waals surface area contributed by atoms with Crippen molar-refractivity contribution in [3.63, 3.8) is 0 Å². The van der Waals surface area contributed by atoms with Crippen LogP contribution < -0.4 is 10.5 Å². The minimum atomic E-state index is -3.04. The van der Waals surface area contributed by atoms with Gasteiger partial charge < -0.3 is 10.5 Å². The van der Waals surface area contributed by atoms with Crippen molar-refractivity contribution < 1.29 is 13.2 Å². The summed E-state index contributed by atoms with van der Waals surface area (Å²) in [5, 5.41) is -0.356. The third kappa shape index (κ3) is 3.09. The Kier molecular flexibility index (Phi) is 4.16. The van der Waals surface area contributed by atoms with E-state index in [1.807, 2.05) is 18.2 Å². The van der Waals surface area contributed by atoms with Crippen molar-refractivity contribution in [2.75, 3.05) is 12.4 Å². The Bertz CT molecular complexity index is 552. The Labute approximate surface area is 114 Å². The van der Waals surface area contributed by atoms with Gasteiger partial charge in [-0.15, -0.1) is 0 Å². The van der Waals surface area contributed by atoms with Crippen molar-refractivity contribution in [1.29, 1.82) is 0 Å². The fraction of sp³-hybridized carbons (Fsp3) is 0.571. The molecular formula is C14H21NO3S. The van der Waals surface area contributed by atoms with Crippen LogP contribution in [0.2, 0.25) is 0 Å². The van der Waals surface area contributed by atoms with Crippen LogP contribution in [0.5, 0.6) is 5.75 Å². The fourth-order valence-corrected chi connectivity index (χ4v) is 3.08. The summed E-state index contributed by atoms with van der Waals surface area (Å²) < 4.78 is 29.1. The van der Waals surface area contributed by atoms with Gasteiger partial charge in [0, 0.05) is 6.04 Å². The van der Waals surface area contributed by atoms with Gasteiger partial charge in [0.15, 0.2) is 9.84 Å². The summed E-state index contributed by atoms with van der Waals surface area (Å²) >= 11 is 0. The first-order valence-corrected chi connectivity index (χ1v) is 8.35. The first-order chi connectivity index (χ1) is 8.92. The van der Waals surface area contributed by atoms with Gasteiger partial charge in [-0.25, -0.2) is 8.42 Å². The summed E-state index contributed by atoms with van der Waals surface area (Å²) in [6, 6.07) is 5.90. The topological polar surface area (TPSA) is 69.4 Å². The molecule has 1 atom stereocenters. The molecule has 2 rings (SSSR count). The molecule has 1 aromatic rings. The molecule has 19 heavy (non-hydrogen) atoms. The van der Waals surface area contributed by atoms with Crippen LogP contribution in [0.3, 0.4) is 0 Å². The van der Waals surface area contributed by atoms with E-state index in [1.54, 1.807) is 13.8 Å². The molecule has 0 radical (unpaired) electrons. The summed E-state index contributed by atoms with van der Waals surface area (Å²) in [4.78, 5) is 0. The molecule has 0 heterocycles. The monoisotopic (exact) mass is 283 g/mol. The molecule has 1 aliphatic carbocycles. The predicted octanol–water partition coefficient (Wildman–Crippen LogP) is 1.83. The van der Waals surface area contributed by atoms with Gasteiger partial charge in [0.1, 0.15) is 12.4 Å². The van der Waals surface area contributed by atoms with Crippen molar-refractivity contribution in [2.45, 2.75) is 38.0 Å². The second-order valence-corrected chi connectivity index (χ2v) is 7.91. The van der Waals surface area contributed by atoms with E-state index in [9.17, 15) is 8.42 Å². The van der Waals surface area contributed by atoms with Gasteiger partial charge in [-0.2, -0.15) is 0 Å². The van der Waals surface area contributed by atoms with E-state index in [1.165, 1.54) is 0 Å². The van der Waals surface area contributed by atoms with Gasteiger partial charge in [0.2, 0.25) is 0 Å². The van der Waals surface area contributed by atoms with E-state index in [0.29, 0.717) is 0 Å². The molecule has 0 bridgehead atoms. The lowest BCUT2D eigenvalue weighted by molar-refractivity contribution is 0.337. The van der Waals surface area contributed by atoms with Crippen LogP contribution in [0.4, 0.5) is 0 Å². The quantitative estimate of drug-likeness (QED) is 0.895. The number of sulfone groups is 1. The lowest BCUT2D eigenvalue weighted by Gasteiger charge is -2.12. The normalized spacial score (nSPS) is 18.6. The largest absolute Gasteiger partial charge is 0.492 e. The molecule has 0 aromatic heterocycles. The van der Waals surface area contributed by atoms with Crippen LogP contribution in [0.15, 0.2) is 18.2 Å². The minimum absolute atomic E-state index is 0.0559. The van der Waals surface area contributed by atoms with Crippen LogP contribution in [0, 0.1) is 0 Å². The van der Waals surface area contributed by atoms with Crippen molar-refractivity contribution in [3.8, 4) is 5.75 Å². The van der Waals surface area contributed by atoms with Crippen LogP contribution >= 0.6 is 0 Å². The highest BCUT2D eigenvalue weighted by Gasteiger charge is 2.22. The molecular weight excluding hydrogens is 262 g/mol. The zero-order valence-corrected chi connectivity index (χ0v) is 12.2. The zero-order valence-electron chi connectivity index (χ0n) is 11.4. The highest BCUT2D eigenvalue weighted by atomic mass is 32.2. The van der Waals surface area contributed by atoms with Gasteiger partial charge in [-0.1, -0.05) is 12.1 Å². The summed E-state index contributed by atoms with van der Waals surface area (Å²) in [6.45, 7) is 3.58. The molecule has 0 fully saturated rings. The van der Waals surface area contributed by atoms with Crippen LogP contribution in [-0.2, 0) is 16.3 Å². The van der Waals surface area contributed by atoms with E-state index in [-0.39, 0.29) is 23.7 Å². The third-order valence-corrected chi connectivity index (χ3v) is 5.79. The lowest BCUT2D eigenvalue weighted by atomic mass is 10.1. The van der Waals surface area contributed by atoms with Crippen molar-refractivity contribution in [1.82, 2.24) is 0 Å². The van der Waals surface area contributed by atoms with Gasteiger partial charge in [-0.05, 0) is 43.9 Å². The van der Waals surface area contributed by atoms with E-state index in [4.69, 9.17) is 10.5 Å². The molecule has 0 spiro atoms. The number of nitrogens with two attached hydrogens (primary N) is 1. The van der Waals surface area contributed by atoms with E-state index in [2.05, 4.69) is 0 Å². The number of hydrogen-bond donors (Lipinski definition) is 1. The summed E-state index contributed by atoms with van der Waals surface area (Å²) in [6.07, 6.45) is 1.84. The van der Waals surface area contributed by atoms with E-state index in [0.717, 1.165) is 29.7 Å². The smallest absolute Gasteiger partial charge is 0.155 e. The highest BCUT2D eigenvalue weighted by Crippen LogP contribution is 2.35. The maximum Gasteiger partial charge on any atom is 0.155 e. The first kappa shape index (κ1) is 14.3. The molecule has 1 aromatic carbocycles. The Balaban J connectivity index is 2.02.